The van der Waals surface area contributed by atoms with E-state index in [4.69, 9.17) is 42.6 Å². The summed E-state index contributed by atoms with van der Waals surface area (Å²) in [4.78, 5) is 99.3. The van der Waals surface area contributed by atoms with Crippen LogP contribution in [-0.4, -0.2) is 68.5 Å². The lowest BCUT2D eigenvalue weighted by atomic mass is 9.77. The van der Waals surface area contributed by atoms with Crippen LogP contribution in [0.25, 0.3) is 0 Å². The van der Waals surface area contributed by atoms with E-state index in [1.54, 1.807) is 149 Å². The van der Waals surface area contributed by atoms with Crippen LogP contribution >= 0.6 is 0 Å². The Hall–Kier alpha value is -14.6. The summed E-state index contributed by atoms with van der Waals surface area (Å²) in [6.07, 6.45) is 0. The van der Waals surface area contributed by atoms with Gasteiger partial charge < -0.3 is 42.6 Å². The highest BCUT2D eigenvalue weighted by Crippen LogP contribution is 2.42. The van der Waals surface area contributed by atoms with Crippen LogP contribution in [0.2, 0.25) is 0 Å². The Morgan fingerprint density at radius 1 is 0.202 bits per heavy atom. The van der Waals surface area contributed by atoms with Crippen molar-refractivity contribution in [3.8, 4) is 57.5 Å². The Kier molecular flexibility index (Phi) is 29.8. The second kappa shape index (κ2) is 40.4. The third kappa shape index (κ3) is 22.6. The van der Waals surface area contributed by atoms with Gasteiger partial charge in [0, 0.05) is 38.4 Å². The molecule has 0 fully saturated rings. The van der Waals surface area contributed by atoms with Gasteiger partial charge in [-0.1, -0.05) is 177 Å². The largest absolute Gasteiger partial charge is 0.496 e. The molecule has 129 heavy (non-hydrogen) atoms. The van der Waals surface area contributed by atoms with Crippen LogP contribution in [0, 0.1) is 55.4 Å². The van der Waals surface area contributed by atoms with E-state index >= 15 is 0 Å². The van der Waals surface area contributed by atoms with Crippen molar-refractivity contribution in [2.24, 2.45) is 0 Å². The molecule has 0 spiro atoms. The molecule has 0 saturated carbocycles. The lowest BCUT2D eigenvalue weighted by Gasteiger charge is -2.27. The smallest absolute Gasteiger partial charge is 0.343 e. The van der Waals surface area contributed by atoms with Crippen molar-refractivity contribution in [3.63, 3.8) is 0 Å². The molecule has 0 bridgehead atoms. The summed E-state index contributed by atoms with van der Waals surface area (Å²) in [7, 11) is 5.02. The van der Waals surface area contributed by atoms with Crippen molar-refractivity contribution in [1.82, 2.24) is 0 Å². The van der Waals surface area contributed by atoms with Crippen LogP contribution in [0.3, 0.4) is 0 Å². The molecule has 660 valence electrons. The van der Waals surface area contributed by atoms with E-state index < -0.39 is 35.3 Å². The minimum Gasteiger partial charge on any atom is -0.496 e. The van der Waals surface area contributed by atoms with E-state index in [-0.39, 0.29) is 39.2 Å². The van der Waals surface area contributed by atoms with Crippen molar-refractivity contribution < 1.29 is 81.0 Å². The summed E-state index contributed by atoms with van der Waals surface area (Å²) in [6, 6.07) is 80.5. The Labute approximate surface area is 756 Å². The molecule has 0 aliphatic heterocycles. The molecule has 0 aliphatic rings. The molecule has 13 rings (SSSR count). The van der Waals surface area contributed by atoms with Crippen molar-refractivity contribution in [1.29, 1.82) is 0 Å². The van der Waals surface area contributed by atoms with Crippen LogP contribution in [0.15, 0.2) is 267 Å². The second-order valence-corrected chi connectivity index (χ2v) is 34.5. The van der Waals surface area contributed by atoms with Crippen LogP contribution in [0.5, 0.6) is 57.5 Å². The lowest BCUT2D eigenvalue weighted by molar-refractivity contribution is 0.0719. The number of rotatable bonds is 26. The molecule has 0 aromatic heterocycles. The fourth-order valence-corrected chi connectivity index (χ4v) is 15.0. The molecule has 17 heteroatoms. The molecule has 0 atom stereocenters. The SMILES string of the molecule is COc1ccc(C(C)(C)c2ccc(OC(=O)c3ccc(C(=O)Oc4ccc(C(C)(C)c5ccc(OC(=O)c6cccc(C(C)=O)c6)c(C)c5)cc4C)cc3)c(C)c2)cc1C.COc1ccc(C(C)(C)c2ccc(OC(=O)c3ccc(C(C)=O)cc3)c(C)c2)cc1C.COc1ccc(C(C)(C)c2ccc(OC(=O)c3ccc(Oc4ccc(C(C)=O)cc4)cc3)c(C)c2)cc1C. The summed E-state index contributed by atoms with van der Waals surface area (Å²) in [5.41, 5.74) is 18.3. The molecule has 13 aromatic carbocycles. The number of ketones is 3. The van der Waals surface area contributed by atoms with Gasteiger partial charge in [-0.2, -0.15) is 0 Å². The molecular formula is C112H110O17. The standard InChI is InChI=1S/C52H50O8.C33H32O5.C27H28O4/c1-31-26-40(18-22-44(31)57-10)51(6,7)41-19-23-45(32(2)27-41)58-48(54)36-14-16-37(17-15-36)49(55)59-46-24-20-42(28-33(46)3)52(8,9)43-21-25-47(34(4)29-43)60-50(56)39-13-11-12-38(30-39)35(5)53;1-21-19-26(11-17-30(21)36-6)33(4,5)27-12-18-31(22(2)20-27)38-32(35)25-9-15-29(16-10-25)37-28-13-7-24(8-14-28)23(3)34;1-17-15-22(11-13-24(17)30-6)27(4,5)23-12-14-25(18(2)16-23)31-26(29)21-9-7-20(8-10-21)19(3)28/h11-30H,1-10H3;7-20H,1-6H3;7-16H,1-6H3. The first-order valence-corrected chi connectivity index (χ1v) is 42.4. The van der Waals surface area contributed by atoms with Gasteiger partial charge in [0.15, 0.2) is 17.3 Å². The highest BCUT2D eigenvalue weighted by Gasteiger charge is 2.31. The highest BCUT2D eigenvalue weighted by molar-refractivity contribution is 6.00. The zero-order valence-corrected chi connectivity index (χ0v) is 77.3. The number of carbonyl (C=O) groups is 8. The van der Waals surface area contributed by atoms with E-state index in [2.05, 4.69) is 104 Å². The van der Waals surface area contributed by atoms with E-state index in [1.165, 1.54) is 38.0 Å². The molecule has 13 aromatic rings. The van der Waals surface area contributed by atoms with Gasteiger partial charge in [-0.3, -0.25) is 14.4 Å². The number of ether oxygens (including phenoxy) is 9. The maximum atomic E-state index is 13.2. The van der Waals surface area contributed by atoms with Crippen LogP contribution < -0.4 is 42.6 Å². The number of aryl methyl sites for hydroxylation is 8. The molecular weight excluding hydrogens is 1620 g/mol. The number of carbonyl (C=O) groups excluding carboxylic acids is 8. The van der Waals surface area contributed by atoms with Gasteiger partial charge in [0.2, 0.25) is 0 Å². The monoisotopic (exact) mass is 1730 g/mol. The molecule has 0 heterocycles. The topological polar surface area (TPSA) is 220 Å². The van der Waals surface area contributed by atoms with E-state index in [0.29, 0.717) is 79.2 Å². The number of esters is 5. The molecule has 0 unspecified atom stereocenters. The maximum Gasteiger partial charge on any atom is 0.343 e. The number of Topliss-reactive ketones (excluding diaryl/α,β-unsaturated/α-hetero) is 3. The Morgan fingerprint density at radius 2 is 0.380 bits per heavy atom. The summed E-state index contributed by atoms with van der Waals surface area (Å²) in [5.74, 6) is 3.41. The molecule has 17 nitrogen and oxygen atoms in total. The molecule has 0 N–H and O–H groups in total. The van der Waals surface area contributed by atoms with Crippen molar-refractivity contribution in [2.75, 3.05) is 21.3 Å². The summed E-state index contributed by atoms with van der Waals surface area (Å²) in [6.45, 7) is 37.3. The van der Waals surface area contributed by atoms with E-state index in [1.807, 2.05) is 140 Å². The predicted molar refractivity (Wildman–Crippen MR) is 505 cm³/mol. The Bertz CT molecular complexity index is 6400. The van der Waals surface area contributed by atoms with Gasteiger partial charge in [0.1, 0.15) is 57.5 Å². The fraction of sp³-hybridized carbons (Fsp3) is 0.232. The summed E-state index contributed by atoms with van der Waals surface area (Å²) >= 11 is 0. The van der Waals surface area contributed by atoms with Gasteiger partial charge in [-0.05, 0) is 311 Å². The lowest BCUT2D eigenvalue weighted by Crippen LogP contribution is -2.20. The third-order valence-corrected chi connectivity index (χ3v) is 23.8. The number of hydrogen-bond donors (Lipinski definition) is 0. The predicted octanol–water partition coefficient (Wildman–Crippen LogP) is 25.4. The van der Waals surface area contributed by atoms with Gasteiger partial charge in [-0.15, -0.1) is 0 Å². The first-order valence-electron chi connectivity index (χ1n) is 42.4. The number of methoxy groups -OCH3 is 3. The van der Waals surface area contributed by atoms with E-state index in [9.17, 15) is 38.4 Å². The van der Waals surface area contributed by atoms with Crippen LogP contribution in [0.4, 0.5) is 0 Å². The minimum absolute atomic E-state index is 0.000303. The second-order valence-electron chi connectivity index (χ2n) is 34.5. The van der Waals surface area contributed by atoms with Crippen LogP contribution in [0.1, 0.15) is 248 Å². The average Bonchev–Trinajstić information content (AvgIpc) is 0.795. The average molecular weight is 1730 g/mol. The highest BCUT2D eigenvalue weighted by atomic mass is 16.6. The van der Waals surface area contributed by atoms with Crippen molar-refractivity contribution in [2.45, 2.75) is 153 Å². The summed E-state index contributed by atoms with van der Waals surface area (Å²) in [5, 5.41) is 0. The zero-order chi connectivity index (χ0) is 93.7. The molecule has 0 amide bonds. The van der Waals surface area contributed by atoms with Gasteiger partial charge in [0.25, 0.3) is 0 Å². The van der Waals surface area contributed by atoms with Crippen molar-refractivity contribution in [3.05, 3.63) is 400 Å². The van der Waals surface area contributed by atoms with Gasteiger partial charge in [-0.25, -0.2) is 24.0 Å². The first-order chi connectivity index (χ1) is 61.1. The molecule has 0 radical (unpaired) electrons. The van der Waals surface area contributed by atoms with Crippen LogP contribution in [-0.2, 0) is 21.7 Å². The molecule has 0 saturated heterocycles. The Balaban J connectivity index is 0.000000200. The maximum absolute atomic E-state index is 13.2. The van der Waals surface area contributed by atoms with Crippen molar-refractivity contribution >= 4 is 47.2 Å². The Morgan fingerprint density at radius 3 is 0.581 bits per heavy atom. The van der Waals surface area contributed by atoms with Gasteiger partial charge >= 0.3 is 29.8 Å². The fourth-order valence-electron chi connectivity index (χ4n) is 15.0. The molecule has 0 aliphatic carbocycles. The number of hydrogen-bond acceptors (Lipinski definition) is 17. The first kappa shape index (κ1) is 95.1. The minimum atomic E-state index is -0.556. The quantitative estimate of drug-likeness (QED) is 0.0279. The number of benzene rings is 13. The third-order valence-electron chi connectivity index (χ3n) is 23.8. The van der Waals surface area contributed by atoms with E-state index in [0.717, 1.165) is 95.1 Å². The normalized spacial score (nSPS) is 11.3. The van der Waals surface area contributed by atoms with Gasteiger partial charge in [0.05, 0.1) is 49.1 Å². The zero-order valence-electron chi connectivity index (χ0n) is 77.3. The summed E-state index contributed by atoms with van der Waals surface area (Å²) < 4.78 is 50.7.